The third-order valence-electron chi connectivity index (χ3n) is 3.65. The van der Waals surface area contributed by atoms with Gasteiger partial charge in [-0.25, -0.2) is 4.79 Å². The molecular weight excluding hydrogens is 308 g/mol. The molecule has 0 aromatic heterocycles. The molecule has 0 unspecified atom stereocenters. The zero-order chi connectivity index (χ0) is 17.7. The maximum Gasteiger partial charge on any atom is 0.342 e. The predicted octanol–water partition coefficient (Wildman–Crippen LogP) is 3.36. The smallest absolute Gasteiger partial charge is 0.342 e. The summed E-state index contributed by atoms with van der Waals surface area (Å²) in [5, 5.41) is 0. The topological polar surface area (TPSA) is 61.8 Å². The van der Waals surface area contributed by atoms with Crippen LogP contribution >= 0.6 is 0 Å². The molecule has 0 radical (unpaired) electrons. The highest BCUT2D eigenvalue weighted by Gasteiger charge is 2.19. The SMILES string of the molecule is COc1cccc(C(=O)OCC(=O)c2cc(C)ccc2C)c1OC. The third kappa shape index (κ3) is 3.74. The van der Waals surface area contributed by atoms with Gasteiger partial charge in [0.1, 0.15) is 5.56 Å². The quantitative estimate of drug-likeness (QED) is 0.601. The van der Waals surface area contributed by atoms with E-state index in [-0.39, 0.29) is 23.7 Å². The lowest BCUT2D eigenvalue weighted by Gasteiger charge is -2.12. The van der Waals surface area contributed by atoms with E-state index in [4.69, 9.17) is 14.2 Å². The van der Waals surface area contributed by atoms with Crippen LogP contribution in [0.5, 0.6) is 11.5 Å². The van der Waals surface area contributed by atoms with Crippen LogP contribution in [-0.2, 0) is 4.74 Å². The molecule has 0 fully saturated rings. The van der Waals surface area contributed by atoms with Gasteiger partial charge < -0.3 is 14.2 Å². The molecule has 0 saturated heterocycles. The summed E-state index contributed by atoms with van der Waals surface area (Å²) < 4.78 is 15.5. The first-order valence-corrected chi connectivity index (χ1v) is 7.46. The highest BCUT2D eigenvalue weighted by Crippen LogP contribution is 2.31. The molecule has 126 valence electrons. The zero-order valence-electron chi connectivity index (χ0n) is 14.2. The van der Waals surface area contributed by atoms with E-state index in [0.717, 1.165) is 11.1 Å². The minimum Gasteiger partial charge on any atom is -0.493 e. The number of rotatable bonds is 6. The van der Waals surface area contributed by atoms with Gasteiger partial charge in [0, 0.05) is 5.56 Å². The van der Waals surface area contributed by atoms with Crippen molar-refractivity contribution in [3.8, 4) is 11.5 Å². The van der Waals surface area contributed by atoms with Gasteiger partial charge in [0.15, 0.2) is 18.1 Å². The molecule has 2 rings (SSSR count). The number of ketones is 1. The number of hydrogen-bond donors (Lipinski definition) is 0. The highest BCUT2D eigenvalue weighted by atomic mass is 16.5. The Hall–Kier alpha value is -2.82. The fourth-order valence-corrected chi connectivity index (χ4v) is 2.37. The molecule has 0 aliphatic rings. The summed E-state index contributed by atoms with van der Waals surface area (Å²) in [4.78, 5) is 24.6. The fraction of sp³-hybridized carbons (Fsp3) is 0.263. The molecule has 0 atom stereocenters. The molecule has 0 heterocycles. The van der Waals surface area contributed by atoms with Crippen LogP contribution < -0.4 is 9.47 Å². The van der Waals surface area contributed by atoms with Crippen LogP contribution in [0.1, 0.15) is 31.8 Å². The number of benzene rings is 2. The number of Topliss-reactive ketones (excluding diaryl/α,β-unsaturated/α-hetero) is 1. The average Bonchev–Trinajstić information content (AvgIpc) is 2.60. The second kappa shape index (κ2) is 7.64. The Morgan fingerprint density at radius 1 is 0.958 bits per heavy atom. The lowest BCUT2D eigenvalue weighted by molar-refractivity contribution is 0.0471. The van der Waals surface area contributed by atoms with Gasteiger partial charge in [-0.15, -0.1) is 0 Å². The second-order valence-electron chi connectivity index (χ2n) is 5.36. The van der Waals surface area contributed by atoms with Gasteiger partial charge in [0.05, 0.1) is 14.2 Å². The molecular formula is C19H20O5. The van der Waals surface area contributed by atoms with Crippen molar-refractivity contribution in [2.45, 2.75) is 13.8 Å². The monoisotopic (exact) mass is 328 g/mol. The summed E-state index contributed by atoms with van der Waals surface area (Å²) in [6.45, 7) is 3.42. The van der Waals surface area contributed by atoms with Crippen molar-refractivity contribution in [2.24, 2.45) is 0 Å². The predicted molar refractivity (Wildman–Crippen MR) is 90.1 cm³/mol. The number of ether oxygens (including phenoxy) is 3. The Labute approximate surface area is 141 Å². The Bertz CT molecular complexity index is 764. The van der Waals surface area contributed by atoms with E-state index >= 15 is 0 Å². The minimum atomic E-state index is -0.635. The van der Waals surface area contributed by atoms with Crippen LogP contribution in [0.3, 0.4) is 0 Å². The van der Waals surface area contributed by atoms with E-state index in [1.165, 1.54) is 14.2 Å². The average molecular weight is 328 g/mol. The summed E-state index contributed by atoms with van der Waals surface area (Å²) in [5.41, 5.74) is 2.59. The number of carbonyl (C=O) groups is 2. The number of carbonyl (C=O) groups excluding carboxylic acids is 2. The maximum absolute atomic E-state index is 12.3. The number of esters is 1. The van der Waals surface area contributed by atoms with Gasteiger partial charge in [-0.3, -0.25) is 4.79 Å². The van der Waals surface area contributed by atoms with Crippen molar-refractivity contribution >= 4 is 11.8 Å². The van der Waals surface area contributed by atoms with Gasteiger partial charge >= 0.3 is 5.97 Å². The maximum atomic E-state index is 12.3. The van der Waals surface area contributed by atoms with Crippen LogP contribution in [0.25, 0.3) is 0 Å². The van der Waals surface area contributed by atoms with Gasteiger partial charge in [-0.2, -0.15) is 0 Å². The normalized spacial score (nSPS) is 10.2. The van der Waals surface area contributed by atoms with Crippen LogP contribution in [0.4, 0.5) is 0 Å². The Balaban J connectivity index is 2.14. The Morgan fingerprint density at radius 3 is 2.38 bits per heavy atom. The third-order valence-corrected chi connectivity index (χ3v) is 3.65. The first kappa shape index (κ1) is 17.5. The second-order valence-corrected chi connectivity index (χ2v) is 5.36. The van der Waals surface area contributed by atoms with Crippen molar-refractivity contribution in [1.82, 2.24) is 0 Å². The molecule has 0 spiro atoms. The van der Waals surface area contributed by atoms with Gasteiger partial charge in [0.2, 0.25) is 5.78 Å². The molecule has 0 aliphatic carbocycles. The van der Waals surface area contributed by atoms with E-state index in [2.05, 4.69) is 0 Å². The lowest BCUT2D eigenvalue weighted by atomic mass is 10.0. The summed E-state index contributed by atoms with van der Waals surface area (Å²) in [6, 6.07) is 10.5. The van der Waals surface area contributed by atoms with Crippen molar-refractivity contribution in [2.75, 3.05) is 20.8 Å². The minimum absolute atomic E-state index is 0.214. The first-order chi connectivity index (χ1) is 11.5. The zero-order valence-corrected chi connectivity index (χ0v) is 14.2. The van der Waals surface area contributed by atoms with Crippen molar-refractivity contribution in [3.63, 3.8) is 0 Å². The molecule has 5 nitrogen and oxygen atoms in total. The molecule has 0 N–H and O–H groups in total. The Kier molecular flexibility index (Phi) is 5.58. The van der Waals surface area contributed by atoms with Crippen LogP contribution in [-0.4, -0.2) is 32.6 Å². The lowest BCUT2D eigenvalue weighted by Crippen LogP contribution is -2.16. The molecule has 2 aromatic carbocycles. The number of methoxy groups -OCH3 is 2. The summed E-state index contributed by atoms with van der Waals surface area (Å²) in [7, 11) is 2.92. The van der Waals surface area contributed by atoms with Gasteiger partial charge in [-0.05, 0) is 37.6 Å². The molecule has 0 saturated carbocycles. The van der Waals surface area contributed by atoms with E-state index in [9.17, 15) is 9.59 Å². The summed E-state index contributed by atoms with van der Waals surface area (Å²) in [6.07, 6.45) is 0. The van der Waals surface area contributed by atoms with Crippen LogP contribution in [0, 0.1) is 13.8 Å². The molecule has 0 amide bonds. The van der Waals surface area contributed by atoms with Crippen molar-refractivity contribution < 1.29 is 23.8 Å². The van der Waals surface area contributed by atoms with E-state index in [0.29, 0.717) is 11.3 Å². The van der Waals surface area contributed by atoms with Gasteiger partial charge in [0.25, 0.3) is 0 Å². The summed E-state index contributed by atoms with van der Waals surface area (Å²) >= 11 is 0. The fourth-order valence-electron chi connectivity index (χ4n) is 2.37. The number of para-hydroxylation sites is 1. The van der Waals surface area contributed by atoms with Crippen molar-refractivity contribution in [3.05, 3.63) is 58.7 Å². The number of aryl methyl sites for hydroxylation is 2. The standard InChI is InChI=1S/C19H20O5/c1-12-8-9-13(2)15(10-12)16(20)11-24-19(21)14-6-5-7-17(22-3)18(14)23-4/h5-10H,11H2,1-4H3. The molecule has 0 bridgehead atoms. The molecule has 2 aromatic rings. The summed E-state index contributed by atoms with van der Waals surface area (Å²) in [5.74, 6) is -0.173. The first-order valence-electron chi connectivity index (χ1n) is 7.46. The van der Waals surface area contributed by atoms with Crippen LogP contribution in [0.15, 0.2) is 36.4 Å². The molecule has 24 heavy (non-hydrogen) atoms. The Morgan fingerprint density at radius 2 is 1.71 bits per heavy atom. The molecule has 0 aliphatic heterocycles. The van der Waals surface area contributed by atoms with Crippen LogP contribution in [0.2, 0.25) is 0 Å². The number of hydrogen-bond acceptors (Lipinski definition) is 5. The van der Waals surface area contributed by atoms with Crippen molar-refractivity contribution in [1.29, 1.82) is 0 Å². The largest absolute Gasteiger partial charge is 0.493 e. The molecule has 5 heteroatoms. The van der Waals surface area contributed by atoms with E-state index in [1.54, 1.807) is 24.3 Å². The highest BCUT2D eigenvalue weighted by molar-refractivity contribution is 6.01. The van der Waals surface area contributed by atoms with E-state index in [1.807, 2.05) is 26.0 Å². The van der Waals surface area contributed by atoms with Gasteiger partial charge in [-0.1, -0.05) is 23.8 Å². The van der Waals surface area contributed by atoms with E-state index < -0.39 is 5.97 Å².